The van der Waals surface area contributed by atoms with E-state index in [4.69, 9.17) is 4.74 Å². The number of benzene rings is 2. The van der Waals surface area contributed by atoms with Crippen molar-refractivity contribution in [2.24, 2.45) is 0 Å². The van der Waals surface area contributed by atoms with Crippen molar-refractivity contribution < 1.29 is 14.3 Å². The molecular formula is C26H32N2O3. The van der Waals surface area contributed by atoms with E-state index in [2.05, 4.69) is 12.2 Å². The number of carbonyl (C=O) groups excluding carboxylic acids is 2. The largest absolute Gasteiger partial charge is 0.496 e. The van der Waals surface area contributed by atoms with Crippen LogP contribution in [0.4, 0.5) is 0 Å². The average Bonchev–Trinajstić information content (AvgIpc) is 3.27. The quantitative estimate of drug-likeness (QED) is 0.708. The number of ether oxygens (including phenoxy) is 1. The number of carbonyl (C=O) groups is 2. The fraction of sp³-hybridized carbons (Fsp3) is 0.462. The molecule has 1 fully saturated rings. The molecule has 5 nitrogen and oxygen atoms in total. The number of unbranched alkanes of at least 4 members (excludes halogenated alkanes) is 1. The molecule has 0 saturated heterocycles. The first kappa shape index (κ1) is 21.4. The van der Waals surface area contributed by atoms with Crippen LogP contribution in [0.1, 0.15) is 72.9 Å². The Labute approximate surface area is 184 Å². The summed E-state index contributed by atoms with van der Waals surface area (Å²) in [6, 6.07) is 15.4. The predicted octanol–water partition coefficient (Wildman–Crippen LogP) is 4.66. The van der Waals surface area contributed by atoms with Crippen molar-refractivity contribution in [3.63, 3.8) is 0 Å². The highest BCUT2D eigenvalue weighted by atomic mass is 16.5. The fourth-order valence-electron chi connectivity index (χ4n) is 5.44. The highest BCUT2D eigenvalue weighted by Gasteiger charge is 2.55. The van der Waals surface area contributed by atoms with Gasteiger partial charge in [0.05, 0.1) is 18.6 Å². The van der Waals surface area contributed by atoms with E-state index in [-0.39, 0.29) is 17.7 Å². The van der Waals surface area contributed by atoms with Gasteiger partial charge in [-0.3, -0.25) is 9.59 Å². The van der Waals surface area contributed by atoms with Gasteiger partial charge in [0.1, 0.15) is 5.75 Å². The summed E-state index contributed by atoms with van der Waals surface area (Å²) in [5.74, 6) is 0.492. The first-order chi connectivity index (χ1) is 15.1. The van der Waals surface area contributed by atoms with Crippen molar-refractivity contribution in [3.8, 4) is 5.75 Å². The Hall–Kier alpha value is -2.82. The van der Waals surface area contributed by atoms with Crippen LogP contribution in [-0.2, 0) is 11.3 Å². The summed E-state index contributed by atoms with van der Waals surface area (Å²) >= 11 is 0. The van der Waals surface area contributed by atoms with E-state index < -0.39 is 5.54 Å². The topological polar surface area (TPSA) is 58.6 Å². The van der Waals surface area contributed by atoms with Crippen LogP contribution < -0.4 is 10.1 Å². The fourth-order valence-corrected chi connectivity index (χ4v) is 5.44. The number of rotatable bonds is 7. The van der Waals surface area contributed by atoms with Gasteiger partial charge in [-0.05, 0) is 37.0 Å². The molecule has 1 heterocycles. The van der Waals surface area contributed by atoms with Crippen LogP contribution in [0.3, 0.4) is 0 Å². The number of hydrogen-bond donors (Lipinski definition) is 1. The molecule has 164 valence electrons. The molecule has 1 aliphatic heterocycles. The molecule has 1 aliphatic carbocycles. The maximum atomic E-state index is 13.7. The monoisotopic (exact) mass is 420 g/mol. The Balaban J connectivity index is 1.70. The highest BCUT2D eigenvalue weighted by Crippen LogP contribution is 2.50. The second kappa shape index (κ2) is 9.13. The van der Waals surface area contributed by atoms with Crippen LogP contribution in [0.2, 0.25) is 0 Å². The van der Waals surface area contributed by atoms with Crippen LogP contribution in [0.5, 0.6) is 5.75 Å². The van der Waals surface area contributed by atoms with Crippen molar-refractivity contribution in [2.45, 2.75) is 63.5 Å². The van der Waals surface area contributed by atoms with Crippen LogP contribution in [-0.4, -0.2) is 35.9 Å². The van der Waals surface area contributed by atoms with Crippen molar-refractivity contribution in [2.75, 3.05) is 13.7 Å². The lowest BCUT2D eigenvalue weighted by atomic mass is 9.71. The number of amides is 2. The number of methoxy groups -OCH3 is 1. The molecule has 2 aromatic carbocycles. The summed E-state index contributed by atoms with van der Waals surface area (Å²) in [6.07, 6.45) is 5.83. The molecule has 0 radical (unpaired) electrons. The standard InChI is InChI=1S/C26H32N2O3/c1-3-4-17-28-25(30)21-13-7-6-12-20(21)23(26(28)15-9-10-16-26)24(29)27-18-19-11-5-8-14-22(19)31-2/h5-8,11-14,23H,3-4,9-10,15-18H2,1-2H3,(H,27,29)/t23-/m1/s1. The average molecular weight is 421 g/mol. The smallest absolute Gasteiger partial charge is 0.254 e. The van der Waals surface area contributed by atoms with Gasteiger partial charge in [0, 0.05) is 24.2 Å². The minimum absolute atomic E-state index is 0.00532. The second-order valence-corrected chi connectivity index (χ2v) is 8.67. The summed E-state index contributed by atoms with van der Waals surface area (Å²) < 4.78 is 5.44. The molecule has 1 saturated carbocycles. The zero-order valence-corrected chi connectivity index (χ0v) is 18.5. The second-order valence-electron chi connectivity index (χ2n) is 8.67. The van der Waals surface area contributed by atoms with Gasteiger partial charge in [-0.25, -0.2) is 0 Å². The van der Waals surface area contributed by atoms with Gasteiger partial charge in [-0.2, -0.15) is 0 Å². The lowest BCUT2D eigenvalue weighted by Crippen LogP contribution is -2.60. The number of hydrogen-bond acceptors (Lipinski definition) is 3. The lowest BCUT2D eigenvalue weighted by Gasteiger charge is -2.50. The van der Waals surface area contributed by atoms with Crippen molar-refractivity contribution >= 4 is 11.8 Å². The Bertz CT molecular complexity index is 949. The van der Waals surface area contributed by atoms with E-state index in [1.807, 2.05) is 53.4 Å². The third-order valence-electron chi connectivity index (χ3n) is 6.93. The van der Waals surface area contributed by atoms with Gasteiger partial charge < -0.3 is 15.0 Å². The molecule has 2 amide bonds. The highest BCUT2D eigenvalue weighted by molar-refractivity contribution is 6.02. The lowest BCUT2D eigenvalue weighted by molar-refractivity contribution is -0.126. The Morgan fingerprint density at radius 2 is 1.84 bits per heavy atom. The number of nitrogens with one attached hydrogen (secondary N) is 1. The maximum Gasteiger partial charge on any atom is 0.254 e. The molecule has 0 bridgehead atoms. The van der Waals surface area contributed by atoms with Crippen LogP contribution in [0.25, 0.3) is 0 Å². The molecule has 1 spiro atoms. The van der Waals surface area contributed by atoms with Crippen molar-refractivity contribution in [1.82, 2.24) is 10.2 Å². The van der Waals surface area contributed by atoms with Gasteiger partial charge >= 0.3 is 0 Å². The zero-order chi connectivity index (χ0) is 21.8. The van der Waals surface area contributed by atoms with Gasteiger partial charge in [-0.15, -0.1) is 0 Å². The maximum absolute atomic E-state index is 13.7. The van der Waals surface area contributed by atoms with E-state index in [1.165, 1.54) is 0 Å². The molecule has 4 rings (SSSR count). The van der Waals surface area contributed by atoms with Crippen LogP contribution in [0, 0.1) is 0 Å². The van der Waals surface area contributed by atoms with Crippen LogP contribution >= 0.6 is 0 Å². The van der Waals surface area contributed by atoms with Crippen molar-refractivity contribution in [1.29, 1.82) is 0 Å². The molecule has 1 N–H and O–H groups in total. The number of fused-ring (bicyclic) bond motifs is 1. The molecule has 2 aromatic rings. The number of para-hydroxylation sites is 1. The summed E-state index contributed by atoms with van der Waals surface area (Å²) in [7, 11) is 1.64. The minimum atomic E-state index is -0.425. The Kier molecular flexibility index (Phi) is 6.30. The van der Waals surface area contributed by atoms with E-state index in [0.29, 0.717) is 18.7 Å². The van der Waals surface area contributed by atoms with E-state index >= 15 is 0 Å². The molecular weight excluding hydrogens is 388 g/mol. The number of nitrogens with zero attached hydrogens (tertiary/aromatic N) is 1. The molecule has 31 heavy (non-hydrogen) atoms. The van der Waals surface area contributed by atoms with E-state index in [9.17, 15) is 9.59 Å². The Morgan fingerprint density at radius 3 is 2.58 bits per heavy atom. The summed E-state index contributed by atoms with van der Waals surface area (Å²) in [4.78, 5) is 29.3. The zero-order valence-electron chi connectivity index (χ0n) is 18.5. The van der Waals surface area contributed by atoms with E-state index in [0.717, 1.165) is 55.4 Å². The SMILES string of the molecule is CCCCN1C(=O)c2ccccc2[C@H](C(=O)NCc2ccccc2OC)C12CCCC2. The predicted molar refractivity (Wildman–Crippen MR) is 121 cm³/mol. The van der Waals surface area contributed by atoms with Gasteiger partial charge in [0.25, 0.3) is 5.91 Å². The molecule has 1 atom stereocenters. The van der Waals surface area contributed by atoms with Crippen molar-refractivity contribution in [3.05, 3.63) is 65.2 Å². The molecule has 0 unspecified atom stereocenters. The van der Waals surface area contributed by atoms with Gasteiger partial charge in [-0.1, -0.05) is 62.6 Å². The first-order valence-electron chi connectivity index (χ1n) is 11.4. The first-order valence-corrected chi connectivity index (χ1v) is 11.4. The summed E-state index contributed by atoms with van der Waals surface area (Å²) in [5, 5.41) is 3.17. The minimum Gasteiger partial charge on any atom is -0.496 e. The normalized spacial score (nSPS) is 19.4. The van der Waals surface area contributed by atoms with Gasteiger partial charge in [0.15, 0.2) is 0 Å². The summed E-state index contributed by atoms with van der Waals surface area (Å²) in [5.41, 5.74) is 2.07. The third kappa shape index (κ3) is 3.82. The van der Waals surface area contributed by atoms with E-state index in [1.54, 1.807) is 7.11 Å². The van der Waals surface area contributed by atoms with Gasteiger partial charge in [0.2, 0.25) is 5.91 Å². The molecule has 0 aromatic heterocycles. The van der Waals surface area contributed by atoms with Crippen LogP contribution in [0.15, 0.2) is 48.5 Å². The third-order valence-corrected chi connectivity index (χ3v) is 6.93. The summed E-state index contributed by atoms with van der Waals surface area (Å²) in [6.45, 7) is 3.25. The molecule has 2 aliphatic rings. The Morgan fingerprint density at radius 1 is 1.13 bits per heavy atom. The molecule has 5 heteroatoms.